The van der Waals surface area contributed by atoms with Gasteiger partial charge in [-0.2, -0.15) is 0 Å². The van der Waals surface area contributed by atoms with Crippen LogP contribution in [0.25, 0.3) is 21.8 Å². The lowest BCUT2D eigenvalue weighted by Crippen LogP contribution is -2.17. The number of aromatic nitrogens is 1. The Morgan fingerprint density at radius 1 is 0.971 bits per heavy atom. The van der Waals surface area contributed by atoms with E-state index in [-0.39, 0.29) is 5.92 Å². The van der Waals surface area contributed by atoms with Gasteiger partial charge in [0.1, 0.15) is 0 Å². The Balaban J connectivity index is 1.65. The number of pyridine rings is 1. The molecule has 35 heavy (non-hydrogen) atoms. The number of esters is 1. The number of benzene rings is 3. The zero-order valence-corrected chi connectivity index (χ0v) is 19.7. The number of aliphatic hydroxyl groups is 1. The minimum atomic E-state index is -1.09. The van der Waals surface area contributed by atoms with E-state index in [1.165, 1.54) is 7.11 Å². The molecular weight excluding hydrogens is 446 g/mol. The summed E-state index contributed by atoms with van der Waals surface area (Å²) in [5.74, 6) is -0.223. The van der Waals surface area contributed by atoms with Crippen LogP contribution in [0.2, 0.25) is 0 Å². The van der Waals surface area contributed by atoms with Gasteiger partial charge in [0.2, 0.25) is 0 Å². The molecule has 1 aromatic heterocycles. The quantitative estimate of drug-likeness (QED) is 0.185. The van der Waals surface area contributed by atoms with Crippen LogP contribution in [0.5, 0.6) is 0 Å². The largest absolute Gasteiger partial charge is 0.465 e. The predicted molar refractivity (Wildman–Crippen MR) is 135 cm³/mol. The first kappa shape index (κ1) is 24.0. The second kappa shape index (κ2) is 10.4. The lowest BCUT2D eigenvalue weighted by atomic mass is 10.0. The smallest absolute Gasteiger partial charge is 0.411 e. The second-order valence-electron chi connectivity index (χ2n) is 8.52. The molecule has 0 saturated carbocycles. The van der Waals surface area contributed by atoms with Crippen molar-refractivity contribution in [1.29, 1.82) is 0 Å². The zero-order chi connectivity index (χ0) is 24.9. The van der Waals surface area contributed by atoms with E-state index >= 15 is 0 Å². The van der Waals surface area contributed by atoms with Crippen LogP contribution in [-0.4, -0.2) is 35.9 Å². The number of amides is 1. The van der Waals surface area contributed by atoms with E-state index in [0.29, 0.717) is 40.1 Å². The zero-order valence-electron chi connectivity index (χ0n) is 19.7. The van der Waals surface area contributed by atoms with Crippen molar-refractivity contribution in [3.05, 3.63) is 77.9 Å². The van der Waals surface area contributed by atoms with Gasteiger partial charge in [-0.1, -0.05) is 44.2 Å². The third kappa shape index (κ3) is 5.50. The van der Waals surface area contributed by atoms with Gasteiger partial charge in [-0.25, -0.2) is 14.6 Å². The molecule has 0 spiro atoms. The Bertz CT molecular complexity index is 1390. The van der Waals surface area contributed by atoms with Crippen LogP contribution in [-0.2, 0) is 9.47 Å². The van der Waals surface area contributed by atoms with Gasteiger partial charge in [0.15, 0.2) is 6.23 Å². The first-order valence-electron chi connectivity index (χ1n) is 11.2. The molecule has 8 nitrogen and oxygen atoms in total. The molecule has 180 valence electrons. The molecule has 1 amide bonds. The minimum Gasteiger partial charge on any atom is -0.465 e. The van der Waals surface area contributed by atoms with Crippen molar-refractivity contribution >= 4 is 45.2 Å². The monoisotopic (exact) mass is 473 g/mol. The molecule has 0 radical (unpaired) electrons. The van der Waals surface area contributed by atoms with Crippen molar-refractivity contribution in [3.63, 3.8) is 0 Å². The number of anilines is 2. The van der Waals surface area contributed by atoms with Gasteiger partial charge >= 0.3 is 12.1 Å². The number of carbonyl (C=O) groups excluding carboxylic acids is 2. The number of hydrogen-bond donors (Lipinski definition) is 3. The van der Waals surface area contributed by atoms with Crippen molar-refractivity contribution in [2.75, 3.05) is 24.4 Å². The summed E-state index contributed by atoms with van der Waals surface area (Å²) in [6.45, 7) is 4.23. The maximum Gasteiger partial charge on any atom is 0.411 e. The Hall–Kier alpha value is -4.17. The summed E-state index contributed by atoms with van der Waals surface area (Å²) in [4.78, 5) is 28.7. The van der Waals surface area contributed by atoms with E-state index < -0.39 is 18.3 Å². The highest BCUT2D eigenvalue weighted by Crippen LogP contribution is 2.33. The number of nitrogens with one attached hydrogen (secondary N) is 2. The predicted octanol–water partition coefficient (Wildman–Crippen LogP) is 5.48. The van der Waals surface area contributed by atoms with Gasteiger partial charge in [-0.05, 0) is 42.3 Å². The molecule has 3 N–H and O–H groups in total. The summed E-state index contributed by atoms with van der Waals surface area (Å²) in [6, 6.07) is 19.5. The maximum absolute atomic E-state index is 12.0. The van der Waals surface area contributed by atoms with Crippen molar-refractivity contribution in [3.8, 4) is 0 Å². The fourth-order valence-corrected chi connectivity index (χ4v) is 3.70. The van der Waals surface area contributed by atoms with Crippen LogP contribution < -0.4 is 10.6 Å². The molecule has 0 bridgehead atoms. The Morgan fingerprint density at radius 3 is 2.51 bits per heavy atom. The first-order valence-corrected chi connectivity index (χ1v) is 11.2. The number of methoxy groups -OCH3 is 1. The number of ether oxygens (including phenoxy) is 2. The molecule has 0 aliphatic carbocycles. The fourth-order valence-electron chi connectivity index (χ4n) is 3.70. The number of fused-ring (bicyclic) bond motifs is 2. The standard InChI is InChI=1S/C27H27N3O5/c1-16(2)15-35-27(33)28-19-8-6-7-17(13-19)25(31)30-24-20-9-4-5-10-22(20)29-23-14-18(26(32)34-3)11-12-21(23)24/h4-14,16,25,31H,15H2,1-3H3,(H,28,33)(H,29,30). The molecule has 0 aliphatic rings. The highest BCUT2D eigenvalue weighted by molar-refractivity contribution is 6.09. The molecule has 0 saturated heterocycles. The molecule has 0 aliphatic heterocycles. The Morgan fingerprint density at radius 2 is 1.74 bits per heavy atom. The average Bonchev–Trinajstić information content (AvgIpc) is 2.86. The molecule has 1 unspecified atom stereocenters. The number of carbonyl (C=O) groups is 2. The van der Waals surface area contributed by atoms with Gasteiger partial charge in [-0.3, -0.25) is 5.32 Å². The summed E-state index contributed by atoms with van der Waals surface area (Å²) in [6.07, 6.45) is -1.64. The van der Waals surface area contributed by atoms with E-state index in [9.17, 15) is 14.7 Å². The Kier molecular flexibility index (Phi) is 7.12. The van der Waals surface area contributed by atoms with Crippen LogP contribution in [0.4, 0.5) is 16.2 Å². The highest BCUT2D eigenvalue weighted by Gasteiger charge is 2.16. The minimum absolute atomic E-state index is 0.229. The van der Waals surface area contributed by atoms with E-state index in [4.69, 9.17) is 9.47 Å². The van der Waals surface area contributed by atoms with E-state index in [2.05, 4.69) is 15.6 Å². The first-order chi connectivity index (χ1) is 16.9. The summed E-state index contributed by atoms with van der Waals surface area (Å²) in [5, 5.41) is 18.5. The van der Waals surface area contributed by atoms with Gasteiger partial charge in [0.25, 0.3) is 0 Å². The van der Waals surface area contributed by atoms with E-state index in [0.717, 1.165) is 10.8 Å². The molecule has 4 aromatic rings. The molecule has 8 heteroatoms. The molecule has 0 fully saturated rings. The lowest BCUT2D eigenvalue weighted by molar-refractivity contribution is 0.0601. The van der Waals surface area contributed by atoms with Crippen molar-refractivity contribution in [2.45, 2.75) is 20.1 Å². The van der Waals surface area contributed by atoms with Crippen molar-refractivity contribution < 1.29 is 24.2 Å². The van der Waals surface area contributed by atoms with Gasteiger partial charge in [0.05, 0.1) is 36.0 Å². The average molecular weight is 474 g/mol. The number of rotatable bonds is 7. The van der Waals surface area contributed by atoms with Crippen LogP contribution in [0, 0.1) is 5.92 Å². The van der Waals surface area contributed by atoms with Crippen LogP contribution in [0.3, 0.4) is 0 Å². The molecule has 1 heterocycles. The summed E-state index contributed by atoms with van der Waals surface area (Å²) in [7, 11) is 1.33. The Labute approximate surface area is 202 Å². The van der Waals surface area contributed by atoms with E-state index in [1.54, 1.807) is 42.5 Å². The number of hydrogen-bond acceptors (Lipinski definition) is 7. The van der Waals surface area contributed by atoms with Gasteiger partial charge < -0.3 is 19.9 Å². The summed E-state index contributed by atoms with van der Waals surface area (Å²) >= 11 is 0. The van der Waals surface area contributed by atoms with Crippen LogP contribution in [0.1, 0.15) is 36.0 Å². The highest BCUT2D eigenvalue weighted by atomic mass is 16.5. The van der Waals surface area contributed by atoms with Crippen LogP contribution in [0.15, 0.2) is 66.7 Å². The molecule has 3 aromatic carbocycles. The van der Waals surface area contributed by atoms with Crippen LogP contribution >= 0.6 is 0 Å². The third-order valence-electron chi connectivity index (χ3n) is 5.38. The molecular formula is C27H27N3O5. The summed E-state index contributed by atoms with van der Waals surface area (Å²) in [5.41, 5.74) is 3.41. The van der Waals surface area contributed by atoms with Crippen molar-refractivity contribution in [1.82, 2.24) is 4.98 Å². The SMILES string of the molecule is COC(=O)c1ccc2c(NC(O)c3cccc(NC(=O)OCC(C)C)c3)c3ccccc3nc2c1. The topological polar surface area (TPSA) is 110 Å². The van der Waals surface area contributed by atoms with Gasteiger partial charge in [0, 0.05) is 22.0 Å². The van der Waals surface area contributed by atoms with Crippen molar-refractivity contribution in [2.24, 2.45) is 5.92 Å². The third-order valence-corrected chi connectivity index (χ3v) is 5.38. The lowest BCUT2D eigenvalue weighted by Gasteiger charge is -2.19. The molecule has 4 rings (SSSR count). The summed E-state index contributed by atoms with van der Waals surface area (Å²) < 4.78 is 10.00. The number of para-hydroxylation sites is 1. The molecule has 1 atom stereocenters. The normalized spacial score (nSPS) is 11.9. The number of nitrogens with zero attached hydrogens (tertiary/aromatic N) is 1. The second-order valence-corrected chi connectivity index (χ2v) is 8.52. The van der Waals surface area contributed by atoms with E-state index in [1.807, 2.05) is 38.1 Å². The fraction of sp³-hybridized carbons (Fsp3) is 0.222. The number of aliphatic hydroxyl groups excluding tert-OH is 1. The maximum atomic E-state index is 12.0. The van der Waals surface area contributed by atoms with Gasteiger partial charge in [-0.15, -0.1) is 0 Å².